The Morgan fingerprint density at radius 2 is 1.19 bits per heavy atom. The first kappa shape index (κ1) is 26.8. The van der Waals surface area contributed by atoms with Gasteiger partial charge in [-0.25, -0.2) is 26.5 Å². The molecule has 108 valence electrons. The van der Waals surface area contributed by atoms with Crippen molar-refractivity contribution in [3.63, 3.8) is 0 Å². The molecule has 0 unspecified atom stereocenters. The average Bonchev–Trinajstić information content (AvgIpc) is 2.99. The molecule has 0 heterocycles. The van der Waals surface area contributed by atoms with Crippen molar-refractivity contribution in [1.82, 2.24) is 0 Å². The van der Waals surface area contributed by atoms with Gasteiger partial charge in [0.15, 0.2) is 0 Å². The van der Waals surface area contributed by atoms with Gasteiger partial charge >= 0.3 is 17.9 Å². The molecule has 0 amide bonds. The van der Waals surface area contributed by atoms with Crippen LogP contribution < -0.4 is 0 Å². The molecule has 0 aliphatic heterocycles. The first-order chi connectivity index (χ1) is 9.31. The molecule has 0 bridgehead atoms. The number of carboxylic acid groups (broad SMARTS) is 3. The molecular weight excluding hydrogens is 312 g/mol. The molecule has 3 N–H and O–H groups in total. The normalized spacial score (nSPS) is 8.05. The quantitative estimate of drug-likeness (QED) is 0.338. The van der Waals surface area contributed by atoms with E-state index in [1.807, 2.05) is 12.2 Å². The Kier molecular flexibility index (Phi) is 28.6. The summed E-state index contributed by atoms with van der Waals surface area (Å²) in [5, 5.41) is 22.5. The number of hydrogen-bond acceptors (Lipinski definition) is 3. The SMILES string of the molecule is C#CC(=O)O.C#CC(=O)O.C#CC(=O)O.[C-]1=CC=CC1.[Ti]. The third-order valence-corrected chi connectivity index (χ3v) is 0.956. The summed E-state index contributed by atoms with van der Waals surface area (Å²) >= 11 is 0. The summed E-state index contributed by atoms with van der Waals surface area (Å²) in [7, 11) is 0. The van der Waals surface area contributed by atoms with Gasteiger partial charge in [0, 0.05) is 39.5 Å². The van der Waals surface area contributed by atoms with Crippen LogP contribution in [0.5, 0.6) is 0 Å². The number of rotatable bonds is 0. The van der Waals surface area contributed by atoms with E-state index in [1.54, 1.807) is 0 Å². The van der Waals surface area contributed by atoms with Crippen LogP contribution in [0, 0.1) is 43.1 Å². The van der Waals surface area contributed by atoms with Crippen LogP contribution in [-0.2, 0) is 36.1 Å². The second-order valence-electron chi connectivity index (χ2n) is 2.35. The number of terminal acetylenes is 3. The molecule has 1 aliphatic rings. The van der Waals surface area contributed by atoms with E-state index in [1.165, 1.54) is 17.8 Å². The first-order valence-corrected chi connectivity index (χ1v) is 4.62. The summed E-state index contributed by atoms with van der Waals surface area (Å²) in [5.41, 5.74) is 0. The Labute approximate surface area is 137 Å². The fourth-order valence-corrected chi connectivity index (χ4v) is 0.340. The summed E-state index contributed by atoms with van der Waals surface area (Å²) in [5.74, 6) is 0.681. The van der Waals surface area contributed by atoms with Gasteiger partial charge in [-0.05, 0) is 0 Å². The fourth-order valence-electron chi connectivity index (χ4n) is 0.340. The van der Waals surface area contributed by atoms with Crippen molar-refractivity contribution >= 4 is 17.9 Å². The number of carboxylic acids is 3. The molecule has 0 saturated carbocycles. The molecule has 21 heavy (non-hydrogen) atoms. The molecule has 7 heteroatoms. The Balaban J connectivity index is -0.0000000903. The largest absolute Gasteiger partial charge is 0.472 e. The summed E-state index contributed by atoms with van der Waals surface area (Å²) < 4.78 is 0. The smallest absolute Gasteiger partial charge is 0.381 e. The van der Waals surface area contributed by atoms with E-state index in [9.17, 15) is 0 Å². The van der Waals surface area contributed by atoms with E-state index in [-0.39, 0.29) is 21.7 Å². The molecule has 0 saturated heterocycles. The van der Waals surface area contributed by atoms with E-state index >= 15 is 0 Å². The van der Waals surface area contributed by atoms with Crippen LogP contribution in [0.3, 0.4) is 0 Å². The second-order valence-corrected chi connectivity index (χ2v) is 2.35. The Hall–Kier alpha value is -2.72. The topological polar surface area (TPSA) is 112 Å². The minimum atomic E-state index is -1.22. The number of aliphatic carboxylic acids is 3. The molecule has 0 atom stereocenters. The summed E-state index contributed by atoms with van der Waals surface area (Å²) in [6.45, 7) is 0. The van der Waals surface area contributed by atoms with Crippen molar-refractivity contribution in [3.05, 3.63) is 24.3 Å². The fraction of sp³-hybridized carbons (Fsp3) is 0.0714. The Morgan fingerprint density at radius 1 is 0.905 bits per heavy atom. The zero-order valence-electron chi connectivity index (χ0n) is 10.7. The maximum atomic E-state index is 9.13. The summed E-state index contributed by atoms with van der Waals surface area (Å²) in [6.07, 6.45) is 23.0. The van der Waals surface area contributed by atoms with Crippen molar-refractivity contribution in [2.45, 2.75) is 6.42 Å². The van der Waals surface area contributed by atoms with Crippen molar-refractivity contribution in [2.75, 3.05) is 0 Å². The maximum absolute atomic E-state index is 9.13. The third-order valence-electron chi connectivity index (χ3n) is 0.956. The summed E-state index contributed by atoms with van der Waals surface area (Å²) in [4.78, 5) is 27.4. The van der Waals surface area contributed by atoms with Crippen LogP contribution in [-0.4, -0.2) is 33.2 Å². The van der Waals surface area contributed by atoms with E-state index in [2.05, 4.69) is 31.4 Å². The molecule has 0 fully saturated rings. The van der Waals surface area contributed by atoms with Crippen LogP contribution in [0.25, 0.3) is 0 Å². The van der Waals surface area contributed by atoms with Crippen molar-refractivity contribution in [2.24, 2.45) is 0 Å². The summed E-state index contributed by atoms with van der Waals surface area (Å²) in [6, 6.07) is 0. The van der Waals surface area contributed by atoms with Crippen LogP contribution in [0.15, 0.2) is 18.2 Å². The molecule has 0 aromatic rings. The molecule has 1 rings (SSSR count). The maximum Gasteiger partial charge on any atom is 0.381 e. The Morgan fingerprint density at radius 3 is 1.24 bits per heavy atom. The number of allylic oxidation sites excluding steroid dienone is 4. The van der Waals surface area contributed by atoms with Gasteiger partial charge < -0.3 is 15.3 Å². The number of carbonyl (C=O) groups is 3. The predicted molar refractivity (Wildman–Crippen MR) is 71.0 cm³/mol. The van der Waals surface area contributed by atoms with Crippen molar-refractivity contribution < 1.29 is 51.4 Å². The monoisotopic (exact) mass is 323 g/mol. The van der Waals surface area contributed by atoms with E-state index in [4.69, 9.17) is 29.7 Å². The molecule has 0 radical (unpaired) electrons. The first-order valence-electron chi connectivity index (χ1n) is 4.62. The van der Waals surface area contributed by atoms with Crippen LogP contribution in [0.4, 0.5) is 0 Å². The molecule has 0 spiro atoms. The van der Waals surface area contributed by atoms with E-state index in [0.717, 1.165) is 6.42 Å². The van der Waals surface area contributed by atoms with Crippen LogP contribution in [0.1, 0.15) is 6.42 Å². The number of hydrogen-bond donors (Lipinski definition) is 3. The molecule has 6 nitrogen and oxygen atoms in total. The van der Waals surface area contributed by atoms with Gasteiger partial charge in [-0.2, -0.15) is 6.08 Å². The van der Waals surface area contributed by atoms with E-state index in [0.29, 0.717) is 0 Å². The molecule has 0 aromatic heterocycles. The van der Waals surface area contributed by atoms with Gasteiger partial charge in [0.1, 0.15) is 0 Å². The van der Waals surface area contributed by atoms with Crippen molar-refractivity contribution in [1.29, 1.82) is 0 Å². The second kappa shape index (κ2) is 22.5. The molecule has 1 aliphatic carbocycles. The molecular formula is C14H11O6Ti-. The van der Waals surface area contributed by atoms with Gasteiger partial charge in [-0.3, -0.25) is 6.08 Å². The zero-order valence-corrected chi connectivity index (χ0v) is 12.3. The van der Waals surface area contributed by atoms with Crippen LogP contribution in [0.2, 0.25) is 0 Å². The van der Waals surface area contributed by atoms with Crippen molar-refractivity contribution in [3.8, 4) is 37.0 Å². The van der Waals surface area contributed by atoms with E-state index < -0.39 is 17.9 Å². The van der Waals surface area contributed by atoms with Gasteiger partial charge in [0.2, 0.25) is 0 Å². The minimum absolute atomic E-state index is 0. The third kappa shape index (κ3) is 58.8. The molecule has 0 aromatic carbocycles. The van der Waals surface area contributed by atoms with Gasteiger partial charge in [-0.1, -0.05) is 0 Å². The van der Waals surface area contributed by atoms with Gasteiger partial charge in [-0.15, -0.1) is 25.7 Å². The average molecular weight is 323 g/mol. The standard InChI is InChI=1S/C5H5.3C3H2O2.Ti/c1-2-4-5-3-1;3*1-2-3(4)5;/h1-3H,4H2;3*1H,(H,4,5);/q-1;;;;. The minimum Gasteiger partial charge on any atom is -0.472 e. The van der Waals surface area contributed by atoms with Gasteiger partial charge in [0.25, 0.3) is 0 Å². The zero-order chi connectivity index (χ0) is 16.4. The Bertz CT molecular complexity index is 430. The van der Waals surface area contributed by atoms with Crippen LogP contribution >= 0.6 is 0 Å². The van der Waals surface area contributed by atoms with Gasteiger partial charge in [0.05, 0.1) is 0 Å². The predicted octanol–water partition coefficient (Wildman–Crippen LogP) is 0.416.